The number of hydrogen-bond donors (Lipinski definition) is 0. The summed E-state index contributed by atoms with van der Waals surface area (Å²) >= 11 is 1.95. The topological polar surface area (TPSA) is 0 Å². The summed E-state index contributed by atoms with van der Waals surface area (Å²) in [6.07, 6.45) is 0. The van der Waals surface area contributed by atoms with Crippen molar-refractivity contribution in [2.45, 2.75) is 57.8 Å². The molecule has 68 heavy (non-hydrogen) atoms. The highest BCUT2D eigenvalue weighted by molar-refractivity contribution is 7.23. The number of fused-ring (bicyclic) bond motifs is 12. The Morgan fingerprint density at radius 2 is 0.588 bits per heavy atom. The average Bonchev–Trinajstić information content (AvgIpc) is 4.01. The second-order valence-corrected chi connectivity index (χ2v) is 22.2. The average molecular weight is 887 g/mol. The SMILES string of the molecule is CC1(C)c2ccccc2-c2ccc(-c3sc4cc(-c5c6ccccc6c(-c6ccc7c(c6)C(C)(C)c6ccccc6-7)c6ccccc56)ccc4c3-c3ccc4c(c3)C(C)(C)c3ccccc3-4)cc21. The molecule has 1 aromatic heterocycles. The van der Waals surface area contributed by atoms with Gasteiger partial charge in [0, 0.05) is 36.8 Å². The number of thiophene rings is 1. The smallest absolute Gasteiger partial charge is 0.0433 e. The Balaban J connectivity index is 0.981. The number of benzene rings is 10. The van der Waals surface area contributed by atoms with Crippen molar-refractivity contribution in [1.82, 2.24) is 0 Å². The van der Waals surface area contributed by atoms with Crippen LogP contribution in [0.1, 0.15) is 74.9 Å². The zero-order valence-electron chi connectivity index (χ0n) is 39.4. The summed E-state index contributed by atoms with van der Waals surface area (Å²) in [6, 6.07) is 74.3. The molecule has 0 saturated heterocycles. The predicted molar refractivity (Wildman–Crippen MR) is 291 cm³/mol. The Morgan fingerprint density at radius 3 is 1.03 bits per heavy atom. The fraction of sp³-hybridized carbons (Fsp3) is 0.134. The van der Waals surface area contributed by atoms with Gasteiger partial charge in [-0.05, 0) is 146 Å². The van der Waals surface area contributed by atoms with Crippen molar-refractivity contribution < 1.29 is 0 Å². The van der Waals surface area contributed by atoms with E-state index in [-0.39, 0.29) is 16.2 Å². The maximum absolute atomic E-state index is 2.51. The molecule has 3 aliphatic carbocycles. The van der Waals surface area contributed by atoms with Gasteiger partial charge >= 0.3 is 0 Å². The Labute approximate surface area is 403 Å². The highest BCUT2D eigenvalue weighted by Crippen LogP contribution is 2.56. The van der Waals surface area contributed by atoms with Crippen molar-refractivity contribution in [2.75, 3.05) is 0 Å². The molecule has 0 atom stereocenters. The molecule has 0 fully saturated rings. The first kappa shape index (κ1) is 39.8. The van der Waals surface area contributed by atoms with Gasteiger partial charge in [0.25, 0.3) is 0 Å². The normalized spacial score (nSPS) is 15.3. The van der Waals surface area contributed by atoms with E-state index >= 15 is 0 Å². The first-order valence-electron chi connectivity index (χ1n) is 24.2. The second-order valence-electron chi connectivity index (χ2n) is 21.2. The van der Waals surface area contributed by atoms with E-state index in [9.17, 15) is 0 Å². The lowest BCUT2D eigenvalue weighted by Crippen LogP contribution is -2.15. The molecule has 0 spiro atoms. The van der Waals surface area contributed by atoms with Crippen LogP contribution in [-0.2, 0) is 16.2 Å². The maximum Gasteiger partial charge on any atom is 0.0433 e. The lowest BCUT2D eigenvalue weighted by atomic mass is 9.80. The molecule has 10 aromatic carbocycles. The molecular formula is C67H50S. The van der Waals surface area contributed by atoms with Crippen LogP contribution in [0, 0.1) is 0 Å². The molecule has 0 aliphatic heterocycles. The third kappa shape index (κ3) is 5.31. The lowest BCUT2D eigenvalue weighted by Gasteiger charge is -2.23. The molecule has 3 aliphatic rings. The predicted octanol–water partition coefficient (Wildman–Crippen LogP) is 18.8. The van der Waals surface area contributed by atoms with Crippen molar-refractivity contribution >= 4 is 43.0 Å². The van der Waals surface area contributed by atoms with Crippen LogP contribution < -0.4 is 0 Å². The van der Waals surface area contributed by atoms with Gasteiger partial charge in [0.15, 0.2) is 0 Å². The van der Waals surface area contributed by atoms with Gasteiger partial charge in [0.2, 0.25) is 0 Å². The molecule has 324 valence electrons. The Morgan fingerprint density at radius 1 is 0.265 bits per heavy atom. The minimum absolute atomic E-state index is 0.0801. The fourth-order valence-electron chi connectivity index (χ4n) is 13.1. The summed E-state index contributed by atoms with van der Waals surface area (Å²) in [5.41, 5.74) is 25.3. The van der Waals surface area contributed by atoms with Gasteiger partial charge in [-0.25, -0.2) is 0 Å². The molecule has 0 unspecified atom stereocenters. The fourth-order valence-corrected chi connectivity index (χ4v) is 14.3. The molecule has 0 N–H and O–H groups in total. The van der Waals surface area contributed by atoms with Crippen LogP contribution in [0.15, 0.2) is 194 Å². The molecule has 11 aromatic rings. The third-order valence-corrected chi connectivity index (χ3v) is 17.7. The van der Waals surface area contributed by atoms with E-state index < -0.39 is 0 Å². The zero-order valence-corrected chi connectivity index (χ0v) is 40.2. The van der Waals surface area contributed by atoms with E-state index in [1.165, 1.54) is 142 Å². The molecule has 1 heterocycles. The Bertz CT molecular complexity index is 3940. The van der Waals surface area contributed by atoms with Gasteiger partial charge in [-0.15, -0.1) is 11.3 Å². The summed E-state index contributed by atoms with van der Waals surface area (Å²) in [7, 11) is 0. The van der Waals surface area contributed by atoms with Crippen LogP contribution in [0.3, 0.4) is 0 Å². The van der Waals surface area contributed by atoms with E-state index in [0.717, 1.165) is 0 Å². The Kier molecular flexibility index (Phi) is 8.13. The van der Waals surface area contributed by atoms with Gasteiger partial charge in [0.05, 0.1) is 0 Å². The van der Waals surface area contributed by atoms with Gasteiger partial charge in [-0.2, -0.15) is 0 Å². The molecule has 0 saturated carbocycles. The van der Waals surface area contributed by atoms with Crippen LogP contribution in [0.4, 0.5) is 0 Å². The molecule has 0 nitrogen and oxygen atoms in total. The summed E-state index contributed by atoms with van der Waals surface area (Å²) in [6.45, 7) is 14.3. The number of rotatable bonds is 4. The zero-order chi connectivity index (χ0) is 45.8. The van der Waals surface area contributed by atoms with Crippen LogP contribution in [0.5, 0.6) is 0 Å². The van der Waals surface area contributed by atoms with Gasteiger partial charge in [0.1, 0.15) is 0 Å². The van der Waals surface area contributed by atoms with E-state index in [1.807, 2.05) is 11.3 Å². The standard InChI is InChI=1S/C67H50S/c1-65(2)54-24-14-11-17-43(54)46-31-27-39(35-57(46)65)61-49-20-7-9-22-51(49)62(52-23-10-8-21-50(52)61)41-29-34-53-60(38-41)68-64(42-30-33-48-45-19-13-16-26-56(45)67(5,6)59(48)37-42)63(53)40-28-32-47-44-18-12-15-25-55(44)66(3,4)58(47)36-40/h7-38H,1-6H3. The molecule has 0 radical (unpaired) electrons. The number of hydrogen-bond acceptors (Lipinski definition) is 1. The van der Waals surface area contributed by atoms with Gasteiger partial charge in [-0.1, -0.05) is 211 Å². The van der Waals surface area contributed by atoms with Gasteiger partial charge < -0.3 is 0 Å². The highest BCUT2D eigenvalue weighted by Gasteiger charge is 2.38. The monoisotopic (exact) mass is 886 g/mol. The minimum atomic E-state index is -0.0975. The van der Waals surface area contributed by atoms with Crippen molar-refractivity contribution in [3.8, 4) is 77.2 Å². The highest BCUT2D eigenvalue weighted by atomic mass is 32.1. The summed E-state index contributed by atoms with van der Waals surface area (Å²) in [4.78, 5) is 1.33. The molecule has 1 heteroatoms. The summed E-state index contributed by atoms with van der Waals surface area (Å²) in [5, 5.41) is 6.43. The van der Waals surface area contributed by atoms with Gasteiger partial charge in [-0.3, -0.25) is 0 Å². The van der Waals surface area contributed by atoms with Crippen LogP contribution >= 0.6 is 11.3 Å². The summed E-state index contributed by atoms with van der Waals surface area (Å²) < 4.78 is 1.30. The first-order valence-corrected chi connectivity index (χ1v) is 25.1. The second kappa shape index (κ2) is 13.9. The van der Waals surface area contributed by atoms with E-state index in [4.69, 9.17) is 0 Å². The summed E-state index contributed by atoms with van der Waals surface area (Å²) in [5.74, 6) is 0. The quantitative estimate of drug-likeness (QED) is 0.155. The molecule has 14 rings (SSSR count). The molecule has 0 bridgehead atoms. The van der Waals surface area contributed by atoms with Crippen LogP contribution in [0.25, 0.3) is 109 Å². The van der Waals surface area contributed by atoms with E-state index in [2.05, 4.69) is 236 Å². The molecule has 0 amide bonds. The van der Waals surface area contributed by atoms with Crippen LogP contribution in [-0.4, -0.2) is 0 Å². The van der Waals surface area contributed by atoms with Crippen molar-refractivity contribution in [1.29, 1.82) is 0 Å². The van der Waals surface area contributed by atoms with Crippen molar-refractivity contribution in [2.24, 2.45) is 0 Å². The first-order chi connectivity index (χ1) is 33.0. The van der Waals surface area contributed by atoms with E-state index in [1.54, 1.807) is 0 Å². The lowest BCUT2D eigenvalue weighted by molar-refractivity contribution is 0.660. The largest absolute Gasteiger partial charge is 0.135 e. The van der Waals surface area contributed by atoms with Crippen molar-refractivity contribution in [3.63, 3.8) is 0 Å². The third-order valence-electron chi connectivity index (χ3n) is 16.5. The van der Waals surface area contributed by atoms with E-state index in [0.29, 0.717) is 0 Å². The maximum atomic E-state index is 2.51. The Hall–Kier alpha value is -7.32. The van der Waals surface area contributed by atoms with Crippen molar-refractivity contribution in [3.05, 3.63) is 228 Å². The van der Waals surface area contributed by atoms with Crippen LogP contribution in [0.2, 0.25) is 0 Å². The molecular weight excluding hydrogens is 837 g/mol. The minimum Gasteiger partial charge on any atom is -0.135 e.